The van der Waals surface area contributed by atoms with E-state index in [0.29, 0.717) is 0 Å². The molecule has 2 aromatic rings. The van der Waals surface area contributed by atoms with Crippen LogP contribution < -0.4 is 5.73 Å². The van der Waals surface area contributed by atoms with E-state index in [9.17, 15) is 0 Å². The molecule has 1 aliphatic heterocycles. The van der Waals surface area contributed by atoms with E-state index < -0.39 is 0 Å². The minimum Gasteiger partial charge on any atom is -0.380 e. The minimum absolute atomic E-state index is 0.132. The third kappa shape index (κ3) is 3.10. The Morgan fingerprint density at radius 1 is 1.21 bits per heavy atom. The number of benzene rings is 1. The molecule has 4 heteroatoms. The van der Waals surface area contributed by atoms with Crippen LogP contribution in [0.1, 0.15) is 55.1 Å². The summed E-state index contributed by atoms with van der Waals surface area (Å²) >= 11 is 0. The van der Waals surface area contributed by atoms with Crippen LogP contribution in [-0.4, -0.2) is 29.2 Å². The first kappa shape index (κ1) is 17.5. The third-order valence-corrected chi connectivity index (χ3v) is 5.38. The van der Waals surface area contributed by atoms with E-state index in [1.165, 1.54) is 33.3 Å². The van der Waals surface area contributed by atoms with E-state index in [0.717, 1.165) is 45.7 Å². The molecule has 0 bridgehead atoms. The first-order valence-corrected chi connectivity index (χ1v) is 9.23. The standard InChI is InChI=1S/C20H31N3O/c1-5-7-18(21)20-14(3)22(4)19-11-16-13-23(8-9-24-6-2)12-15(16)10-17(19)20/h10-11,18H,5-9,12-13,21H2,1-4H3. The van der Waals surface area contributed by atoms with Crippen LogP contribution in [0, 0.1) is 6.92 Å². The summed E-state index contributed by atoms with van der Waals surface area (Å²) < 4.78 is 7.82. The highest BCUT2D eigenvalue weighted by Gasteiger charge is 2.23. The van der Waals surface area contributed by atoms with Crippen molar-refractivity contribution in [3.05, 3.63) is 34.5 Å². The summed E-state index contributed by atoms with van der Waals surface area (Å²) in [6.45, 7) is 11.1. The van der Waals surface area contributed by atoms with E-state index >= 15 is 0 Å². The molecule has 1 unspecified atom stereocenters. The summed E-state index contributed by atoms with van der Waals surface area (Å²) in [4.78, 5) is 2.47. The summed E-state index contributed by atoms with van der Waals surface area (Å²) in [6.07, 6.45) is 2.16. The summed E-state index contributed by atoms with van der Waals surface area (Å²) in [5, 5.41) is 1.35. The summed E-state index contributed by atoms with van der Waals surface area (Å²) in [7, 11) is 2.16. The lowest BCUT2D eigenvalue weighted by Crippen LogP contribution is -2.21. The number of hydrogen-bond donors (Lipinski definition) is 1. The van der Waals surface area contributed by atoms with Gasteiger partial charge < -0.3 is 15.0 Å². The number of ether oxygens (including phenoxy) is 1. The molecule has 1 aromatic heterocycles. The van der Waals surface area contributed by atoms with Gasteiger partial charge in [0.05, 0.1) is 6.61 Å². The zero-order chi connectivity index (χ0) is 17.3. The lowest BCUT2D eigenvalue weighted by atomic mass is 9.98. The van der Waals surface area contributed by atoms with Crippen molar-refractivity contribution in [3.63, 3.8) is 0 Å². The Bertz CT molecular complexity index is 719. The smallest absolute Gasteiger partial charge is 0.0593 e. The van der Waals surface area contributed by atoms with Crippen LogP contribution in [0.4, 0.5) is 0 Å². The topological polar surface area (TPSA) is 43.4 Å². The molecule has 1 aromatic carbocycles. The second kappa shape index (κ2) is 7.26. The van der Waals surface area contributed by atoms with Gasteiger partial charge in [-0.05, 0) is 49.1 Å². The van der Waals surface area contributed by atoms with Gasteiger partial charge in [-0.3, -0.25) is 4.90 Å². The molecule has 0 spiro atoms. The van der Waals surface area contributed by atoms with E-state index in [4.69, 9.17) is 10.5 Å². The molecule has 0 radical (unpaired) electrons. The van der Waals surface area contributed by atoms with Gasteiger partial charge in [0.2, 0.25) is 0 Å². The summed E-state index contributed by atoms with van der Waals surface area (Å²) in [5.41, 5.74) is 13.4. The fourth-order valence-corrected chi connectivity index (χ4v) is 3.98. The molecule has 132 valence electrons. The van der Waals surface area contributed by atoms with Gasteiger partial charge in [0.15, 0.2) is 0 Å². The number of hydrogen-bond acceptors (Lipinski definition) is 3. The normalized spacial score (nSPS) is 16.0. The first-order valence-electron chi connectivity index (χ1n) is 9.23. The number of aryl methyl sites for hydroxylation is 1. The Hall–Kier alpha value is -1.36. The molecule has 2 heterocycles. The maximum atomic E-state index is 6.50. The van der Waals surface area contributed by atoms with Crippen molar-refractivity contribution in [2.24, 2.45) is 12.8 Å². The van der Waals surface area contributed by atoms with Crippen LogP contribution in [0.25, 0.3) is 10.9 Å². The van der Waals surface area contributed by atoms with Crippen molar-refractivity contribution < 1.29 is 4.74 Å². The Balaban J connectivity index is 1.92. The second-order valence-corrected chi connectivity index (χ2v) is 7.00. The fraction of sp³-hybridized carbons (Fsp3) is 0.600. The van der Waals surface area contributed by atoms with Gasteiger partial charge in [-0.25, -0.2) is 0 Å². The fourth-order valence-electron chi connectivity index (χ4n) is 3.98. The van der Waals surface area contributed by atoms with Crippen LogP contribution in [-0.2, 0) is 24.9 Å². The van der Waals surface area contributed by atoms with Crippen LogP contribution in [0.15, 0.2) is 12.1 Å². The van der Waals surface area contributed by atoms with Crippen molar-refractivity contribution >= 4 is 10.9 Å². The highest BCUT2D eigenvalue weighted by atomic mass is 16.5. The largest absolute Gasteiger partial charge is 0.380 e. The van der Waals surface area contributed by atoms with Crippen molar-refractivity contribution in [1.82, 2.24) is 9.47 Å². The van der Waals surface area contributed by atoms with E-state index in [1.807, 2.05) is 0 Å². The van der Waals surface area contributed by atoms with Crippen molar-refractivity contribution in [2.75, 3.05) is 19.8 Å². The Morgan fingerprint density at radius 2 is 1.92 bits per heavy atom. The quantitative estimate of drug-likeness (QED) is 0.789. The first-order chi connectivity index (χ1) is 11.6. The molecular formula is C20H31N3O. The lowest BCUT2D eigenvalue weighted by Gasteiger charge is -2.14. The zero-order valence-corrected chi connectivity index (χ0v) is 15.6. The van der Waals surface area contributed by atoms with Gasteiger partial charge in [-0.1, -0.05) is 13.3 Å². The molecular weight excluding hydrogens is 298 g/mol. The Labute approximate surface area is 145 Å². The lowest BCUT2D eigenvalue weighted by molar-refractivity contribution is 0.113. The molecule has 0 saturated carbocycles. The molecule has 1 atom stereocenters. The van der Waals surface area contributed by atoms with Gasteiger partial charge in [-0.2, -0.15) is 0 Å². The Kier molecular flexibility index (Phi) is 5.28. The molecule has 4 nitrogen and oxygen atoms in total. The maximum Gasteiger partial charge on any atom is 0.0593 e. The summed E-state index contributed by atoms with van der Waals surface area (Å²) in [6, 6.07) is 4.90. The predicted octanol–water partition coefficient (Wildman–Crippen LogP) is 3.64. The SMILES string of the molecule is CCCC(N)c1c(C)n(C)c2cc3c(cc12)CN(CCOCC)C3. The molecule has 0 aliphatic carbocycles. The molecule has 2 N–H and O–H groups in total. The van der Waals surface area contributed by atoms with Gasteiger partial charge in [0.1, 0.15) is 0 Å². The van der Waals surface area contributed by atoms with Gasteiger partial charge in [-0.15, -0.1) is 0 Å². The van der Waals surface area contributed by atoms with Gasteiger partial charge in [0, 0.05) is 55.9 Å². The monoisotopic (exact) mass is 329 g/mol. The maximum absolute atomic E-state index is 6.50. The van der Waals surface area contributed by atoms with Crippen molar-refractivity contribution in [1.29, 1.82) is 0 Å². The number of rotatable bonds is 7. The average Bonchev–Trinajstić information content (AvgIpc) is 3.05. The average molecular weight is 329 g/mol. The highest BCUT2D eigenvalue weighted by molar-refractivity contribution is 5.87. The number of nitrogens with zero attached hydrogens (tertiary/aromatic N) is 2. The van der Waals surface area contributed by atoms with Crippen LogP contribution in [0.3, 0.4) is 0 Å². The predicted molar refractivity (Wildman–Crippen MR) is 100 cm³/mol. The molecule has 1 aliphatic rings. The number of aromatic nitrogens is 1. The van der Waals surface area contributed by atoms with Crippen molar-refractivity contribution in [3.8, 4) is 0 Å². The molecule has 0 saturated heterocycles. The Morgan fingerprint density at radius 3 is 2.58 bits per heavy atom. The third-order valence-electron chi connectivity index (χ3n) is 5.38. The highest BCUT2D eigenvalue weighted by Crippen LogP contribution is 2.35. The van der Waals surface area contributed by atoms with Crippen molar-refractivity contribution in [2.45, 2.75) is 52.7 Å². The van der Waals surface area contributed by atoms with E-state index in [2.05, 4.69) is 49.4 Å². The summed E-state index contributed by atoms with van der Waals surface area (Å²) in [5.74, 6) is 0. The minimum atomic E-state index is 0.132. The van der Waals surface area contributed by atoms with Gasteiger partial charge >= 0.3 is 0 Å². The van der Waals surface area contributed by atoms with Crippen LogP contribution >= 0.6 is 0 Å². The number of nitrogens with two attached hydrogens (primary N) is 1. The van der Waals surface area contributed by atoms with Crippen LogP contribution in [0.2, 0.25) is 0 Å². The molecule has 3 rings (SSSR count). The molecule has 0 fully saturated rings. The van der Waals surface area contributed by atoms with Gasteiger partial charge in [0.25, 0.3) is 0 Å². The zero-order valence-electron chi connectivity index (χ0n) is 15.6. The van der Waals surface area contributed by atoms with Crippen LogP contribution in [0.5, 0.6) is 0 Å². The van der Waals surface area contributed by atoms with E-state index in [1.54, 1.807) is 0 Å². The van der Waals surface area contributed by atoms with E-state index in [-0.39, 0.29) is 6.04 Å². The molecule has 0 amide bonds. The number of fused-ring (bicyclic) bond motifs is 2. The second-order valence-electron chi connectivity index (χ2n) is 7.00. The molecule has 24 heavy (non-hydrogen) atoms.